The van der Waals surface area contributed by atoms with Gasteiger partial charge >= 0.3 is 12.1 Å². The summed E-state index contributed by atoms with van der Waals surface area (Å²) in [6.07, 6.45) is -1.37. The van der Waals surface area contributed by atoms with Crippen LogP contribution in [-0.2, 0) is 32.2 Å². The topological polar surface area (TPSA) is 105 Å². The molecule has 2 saturated heterocycles. The van der Waals surface area contributed by atoms with Crippen LogP contribution in [-0.4, -0.2) is 73.1 Å². The van der Waals surface area contributed by atoms with Gasteiger partial charge in [0.15, 0.2) is 6.10 Å². The van der Waals surface area contributed by atoms with Crippen molar-refractivity contribution in [2.75, 3.05) is 44.2 Å². The second-order valence-corrected chi connectivity index (χ2v) is 8.10. The molecular formula is C24H30Cl2N4O5. The van der Waals surface area contributed by atoms with Crippen LogP contribution in [0.25, 0.3) is 0 Å². The van der Waals surface area contributed by atoms with Crippen molar-refractivity contribution in [1.29, 1.82) is 0 Å². The second-order valence-electron chi connectivity index (χ2n) is 8.10. The van der Waals surface area contributed by atoms with Crippen LogP contribution >= 0.6 is 24.8 Å². The zero-order valence-corrected chi connectivity index (χ0v) is 20.8. The number of benzene rings is 2. The Morgan fingerprint density at radius 1 is 0.943 bits per heavy atom. The fourth-order valence-corrected chi connectivity index (χ4v) is 3.91. The number of nitrogens with zero attached hydrogens (tertiary/aromatic N) is 3. The van der Waals surface area contributed by atoms with E-state index in [9.17, 15) is 14.4 Å². The van der Waals surface area contributed by atoms with Gasteiger partial charge in [0.2, 0.25) is 0 Å². The number of amides is 2. The Balaban J connectivity index is 0.00000216. The van der Waals surface area contributed by atoms with Crippen LogP contribution in [0.5, 0.6) is 0 Å². The molecule has 2 aliphatic rings. The van der Waals surface area contributed by atoms with Crippen molar-refractivity contribution in [3.63, 3.8) is 0 Å². The van der Waals surface area contributed by atoms with Crippen molar-refractivity contribution in [2.45, 2.75) is 19.3 Å². The molecule has 2 N–H and O–H groups in total. The van der Waals surface area contributed by atoms with Crippen LogP contribution in [0.3, 0.4) is 0 Å². The summed E-state index contributed by atoms with van der Waals surface area (Å²) in [4.78, 5) is 42.5. The zero-order valence-electron chi connectivity index (χ0n) is 19.2. The summed E-state index contributed by atoms with van der Waals surface area (Å²) in [5.74, 6) is -0.504. The lowest BCUT2D eigenvalue weighted by Crippen LogP contribution is -2.53. The van der Waals surface area contributed by atoms with E-state index in [1.807, 2.05) is 47.4 Å². The zero-order chi connectivity index (χ0) is 23.2. The molecule has 190 valence electrons. The highest BCUT2D eigenvalue weighted by Crippen LogP contribution is 2.23. The van der Waals surface area contributed by atoms with Crippen molar-refractivity contribution in [1.82, 2.24) is 9.80 Å². The van der Waals surface area contributed by atoms with Gasteiger partial charge in [0.25, 0.3) is 5.91 Å². The first-order valence-electron chi connectivity index (χ1n) is 11.0. The first kappa shape index (κ1) is 28.4. The van der Waals surface area contributed by atoms with Crippen molar-refractivity contribution in [2.24, 2.45) is 5.73 Å². The third kappa shape index (κ3) is 7.32. The van der Waals surface area contributed by atoms with Gasteiger partial charge in [-0.25, -0.2) is 4.79 Å². The van der Waals surface area contributed by atoms with Gasteiger partial charge in [0.1, 0.15) is 6.61 Å². The number of nitrogens with two attached hydrogens (primary N) is 1. The highest BCUT2D eigenvalue weighted by Gasteiger charge is 2.39. The molecule has 0 bridgehead atoms. The smallest absolute Gasteiger partial charge is 0.415 e. The van der Waals surface area contributed by atoms with E-state index in [-0.39, 0.29) is 56.4 Å². The Morgan fingerprint density at radius 2 is 1.60 bits per heavy atom. The molecule has 0 spiro atoms. The van der Waals surface area contributed by atoms with Gasteiger partial charge in [0.05, 0.1) is 13.1 Å². The molecule has 0 saturated carbocycles. The number of esters is 1. The van der Waals surface area contributed by atoms with E-state index in [0.29, 0.717) is 38.4 Å². The van der Waals surface area contributed by atoms with Gasteiger partial charge in [-0.1, -0.05) is 42.5 Å². The molecule has 2 fully saturated rings. The third-order valence-electron chi connectivity index (χ3n) is 5.85. The lowest BCUT2D eigenvalue weighted by Gasteiger charge is -2.34. The largest absolute Gasteiger partial charge is 0.460 e. The maximum absolute atomic E-state index is 12.9. The number of carbonyl (C=O) groups excluding carboxylic acids is 3. The van der Waals surface area contributed by atoms with E-state index in [0.717, 1.165) is 11.1 Å². The van der Waals surface area contributed by atoms with Crippen molar-refractivity contribution in [3.05, 3.63) is 65.7 Å². The van der Waals surface area contributed by atoms with Crippen molar-refractivity contribution in [3.8, 4) is 0 Å². The fourth-order valence-electron chi connectivity index (χ4n) is 3.91. The molecular weight excluding hydrogens is 495 g/mol. The van der Waals surface area contributed by atoms with Gasteiger partial charge in [0, 0.05) is 38.4 Å². The number of anilines is 1. The van der Waals surface area contributed by atoms with Crippen LogP contribution < -0.4 is 10.6 Å². The first-order valence-corrected chi connectivity index (χ1v) is 11.0. The number of carbonyl (C=O) groups is 3. The number of cyclic esters (lactones) is 1. The molecule has 2 amide bonds. The summed E-state index contributed by atoms with van der Waals surface area (Å²) in [5.41, 5.74) is 8.19. The van der Waals surface area contributed by atoms with E-state index >= 15 is 0 Å². The van der Waals surface area contributed by atoms with Gasteiger partial charge in [-0.05, 0) is 23.3 Å². The average Bonchev–Trinajstić information content (AvgIpc) is 3.25. The van der Waals surface area contributed by atoms with E-state index in [1.54, 1.807) is 17.0 Å². The maximum Gasteiger partial charge on any atom is 0.415 e. The highest BCUT2D eigenvalue weighted by molar-refractivity contribution is 5.95. The van der Waals surface area contributed by atoms with Crippen LogP contribution in [0.15, 0.2) is 54.6 Å². The van der Waals surface area contributed by atoms with Crippen molar-refractivity contribution < 1.29 is 23.9 Å². The van der Waals surface area contributed by atoms with Crippen LogP contribution in [0.4, 0.5) is 10.5 Å². The van der Waals surface area contributed by atoms with E-state index in [4.69, 9.17) is 15.2 Å². The average molecular weight is 525 g/mol. The third-order valence-corrected chi connectivity index (χ3v) is 5.85. The fraction of sp³-hybridized carbons (Fsp3) is 0.375. The first-order chi connectivity index (χ1) is 16.0. The molecule has 2 aromatic rings. The number of halogens is 2. The maximum atomic E-state index is 12.9. The molecule has 0 radical (unpaired) electrons. The van der Waals surface area contributed by atoms with Gasteiger partial charge < -0.3 is 20.1 Å². The van der Waals surface area contributed by atoms with Crippen molar-refractivity contribution >= 4 is 48.5 Å². The van der Waals surface area contributed by atoms with E-state index in [1.165, 1.54) is 4.90 Å². The lowest BCUT2D eigenvalue weighted by atomic mass is 10.2. The SMILES string of the molecule is Cl.Cl.NCc1ccc(N2CC(C(=O)N3CCN(CC(=O)OCc4ccccc4)CC3)OC2=O)cc1. The summed E-state index contributed by atoms with van der Waals surface area (Å²) in [6, 6.07) is 16.8. The number of hydrogen-bond acceptors (Lipinski definition) is 7. The molecule has 35 heavy (non-hydrogen) atoms. The Labute approximate surface area is 216 Å². The predicted molar refractivity (Wildman–Crippen MR) is 136 cm³/mol. The Kier molecular flexibility index (Phi) is 10.8. The minimum atomic E-state index is -0.839. The summed E-state index contributed by atoms with van der Waals surface area (Å²) in [5, 5.41) is 0. The van der Waals surface area contributed by atoms with Crippen LogP contribution in [0.2, 0.25) is 0 Å². The molecule has 4 rings (SSSR count). The minimum absolute atomic E-state index is 0. The molecule has 11 heteroatoms. The Morgan fingerprint density at radius 3 is 2.23 bits per heavy atom. The van der Waals surface area contributed by atoms with Gasteiger partial charge in [-0.2, -0.15) is 0 Å². The Bertz CT molecular complexity index is 985. The Hall–Kier alpha value is -2.85. The molecule has 1 unspecified atom stereocenters. The molecule has 2 aliphatic heterocycles. The normalized spacial score (nSPS) is 17.7. The number of rotatable bonds is 7. The summed E-state index contributed by atoms with van der Waals surface area (Å²) in [7, 11) is 0. The van der Waals surface area contributed by atoms with Gasteiger partial charge in [-0.15, -0.1) is 24.8 Å². The molecule has 2 heterocycles. The molecule has 1 atom stereocenters. The number of hydrogen-bond donors (Lipinski definition) is 1. The van der Waals surface area contributed by atoms with E-state index in [2.05, 4.69) is 0 Å². The second kappa shape index (κ2) is 13.3. The van der Waals surface area contributed by atoms with E-state index < -0.39 is 12.2 Å². The molecule has 0 aromatic heterocycles. The molecule has 2 aromatic carbocycles. The number of ether oxygens (including phenoxy) is 2. The summed E-state index contributed by atoms with van der Waals surface area (Å²) < 4.78 is 10.7. The standard InChI is InChI=1S/C24H28N4O5.2ClH/c25-14-18-6-8-20(9-7-18)28-15-21(33-24(28)31)23(30)27-12-10-26(11-13-27)16-22(29)32-17-19-4-2-1-3-5-19;;/h1-9,21H,10-17,25H2;2*1H. The summed E-state index contributed by atoms with van der Waals surface area (Å²) >= 11 is 0. The lowest BCUT2D eigenvalue weighted by molar-refractivity contribution is -0.147. The highest BCUT2D eigenvalue weighted by atomic mass is 35.5. The monoisotopic (exact) mass is 524 g/mol. The molecule has 9 nitrogen and oxygen atoms in total. The molecule has 0 aliphatic carbocycles. The predicted octanol–water partition coefficient (Wildman–Crippen LogP) is 2.20. The van der Waals surface area contributed by atoms with Crippen LogP contribution in [0, 0.1) is 0 Å². The summed E-state index contributed by atoms with van der Waals surface area (Å²) in [6.45, 7) is 3.05. The number of piperazine rings is 1. The van der Waals surface area contributed by atoms with Gasteiger partial charge in [-0.3, -0.25) is 19.4 Å². The van der Waals surface area contributed by atoms with Crippen LogP contribution in [0.1, 0.15) is 11.1 Å². The minimum Gasteiger partial charge on any atom is -0.460 e. The quantitative estimate of drug-likeness (QED) is 0.553.